The molecular weight excluding hydrogens is 312 g/mol. The summed E-state index contributed by atoms with van der Waals surface area (Å²) in [5.41, 5.74) is 0.168. The molecule has 1 unspecified atom stereocenters. The molecule has 0 saturated carbocycles. The highest BCUT2D eigenvalue weighted by Crippen LogP contribution is 2.38. The first-order chi connectivity index (χ1) is 9.61. The van der Waals surface area contributed by atoms with Gasteiger partial charge in [0.15, 0.2) is 5.03 Å². The molecule has 8 heteroatoms. The Morgan fingerprint density at radius 1 is 1.29 bits per heavy atom. The van der Waals surface area contributed by atoms with E-state index in [1.807, 2.05) is 4.57 Å². The van der Waals surface area contributed by atoms with Gasteiger partial charge in [0.25, 0.3) is 10.0 Å². The molecule has 1 N–H and O–H groups in total. The molecule has 3 aliphatic heterocycles. The molecule has 2 fully saturated rings. The zero-order valence-electron chi connectivity index (χ0n) is 11.9. The second-order valence-corrected chi connectivity index (χ2v) is 8.17. The number of halogens is 1. The van der Waals surface area contributed by atoms with Gasteiger partial charge < -0.3 is 9.88 Å². The molecule has 0 aromatic carbocycles. The highest BCUT2D eigenvalue weighted by molar-refractivity contribution is 7.89. The van der Waals surface area contributed by atoms with Crippen molar-refractivity contribution in [3.05, 3.63) is 12.0 Å². The Balaban J connectivity index is 0.00000132. The van der Waals surface area contributed by atoms with Crippen LogP contribution in [0, 0.1) is 5.41 Å². The van der Waals surface area contributed by atoms with Gasteiger partial charge in [0.05, 0.1) is 6.20 Å². The average molecular weight is 333 g/mol. The number of rotatable bonds is 2. The standard InChI is InChI=1S/C13H20N4O2S.ClH/c18-20(19,12-8-15-11-2-1-6-17(11)12)16-7-4-13(10-16)3-5-14-9-13;/h8,14H,1-7,9-10H2;1H. The Bertz CT molecular complexity index is 637. The summed E-state index contributed by atoms with van der Waals surface area (Å²) in [6.07, 6.45) is 5.49. The molecule has 1 spiro atoms. The number of nitrogens with one attached hydrogen (secondary N) is 1. The van der Waals surface area contributed by atoms with E-state index >= 15 is 0 Å². The first-order valence-corrected chi connectivity index (χ1v) is 8.80. The molecule has 0 bridgehead atoms. The van der Waals surface area contributed by atoms with Crippen molar-refractivity contribution in [3.8, 4) is 0 Å². The van der Waals surface area contributed by atoms with Gasteiger partial charge in [0.1, 0.15) is 5.82 Å². The van der Waals surface area contributed by atoms with Crippen molar-refractivity contribution in [1.82, 2.24) is 19.2 Å². The molecule has 1 atom stereocenters. The molecule has 0 radical (unpaired) electrons. The van der Waals surface area contributed by atoms with Crippen LogP contribution >= 0.6 is 12.4 Å². The summed E-state index contributed by atoms with van der Waals surface area (Å²) in [7, 11) is -3.38. The zero-order valence-corrected chi connectivity index (χ0v) is 13.5. The summed E-state index contributed by atoms with van der Waals surface area (Å²) in [4.78, 5) is 4.27. The minimum absolute atomic E-state index is 0. The van der Waals surface area contributed by atoms with Crippen LogP contribution in [0.25, 0.3) is 0 Å². The van der Waals surface area contributed by atoms with Crippen LogP contribution in [0.5, 0.6) is 0 Å². The number of aryl methyl sites for hydroxylation is 1. The van der Waals surface area contributed by atoms with Gasteiger partial charge in [-0.3, -0.25) is 0 Å². The molecule has 1 aromatic heterocycles. The van der Waals surface area contributed by atoms with Crippen LogP contribution in [0.1, 0.15) is 25.1 Å². The maximum atomic E-state index is 12.8. The molecule has 0 aliphatic carbocycles. The number of hydrogen-bond donors (Lipinski definition) is 1. The molecule has 2 saturated heterocycles. The summed E-state index contributed by atoms with van der Waals surface area (Å²) in [6.45, 7) is 4.04. The van der Waals surface area contributed by atoms with E-state index in [4.69, 9.17) is 0 Å². The molecule has 3 aliphatic rings. The lowest BCUT2D eigenvalue weighted by Gasteiger charge is -2.22. The lowest BCUT2D eigenvalue weighted by atomic mass is 9.87. The van der Waals surface area contributed by atoms with Gasteiger partial charge >= 0.3 is 0 Å². The zero-order chi connectivity index (χ0) is 13.8. The Kier molecular flexibility index (Phi) is 3.80. The van der Waals surface area contributed by atoms with Gasteiger partial charge in [0.2, 0.25) is 0 Å². The van der Waals surface area contributed by atoms with Crippen molar-refractivity contribution in [1.29, 1.82) is 0 Å². The van der Waals surface area contributed by atoms with E-state index < -0.39 is 10.0 Å². The molecular formula is C13H21ClN4O2S. The minimum Gasteiger partial charge on any atom is -0.318 e. The van der Waals surface area contributed by atoms with E-state index in [0.717, 1.165) is 51.1 Å². The van der Waals surface area contributed by atoms with Crippen molar-refractivity contribution in [2.24, 2.45) is 5.41 Å². The first-order valence-electron chi connectivity index (χ1n) is 7.36. The van der Waals surface area contributed by atoms with Gasteiger partial charge in [-0.15, -0.1) is 12.4 Å². The Hall–Kier alpha value is -0.630. The first kappa shape index (κ1) is 15.3. The molecule has 118 valence electrons. The van der Waals surface area contributed by atoms with Gasteiger partial charge in [-0.25, -0.2) is 13.4 Å². The smallest absolute Gasteiger partial charge is 0.260 e. The van der Waals surface area contributed by atoms with Crippen LogP contribution in [0.15, 0.2) is 11.2 Å². The van der Waals surface area contributed by atoms with Crippen molar-refractivity contribution < 1.29 is 8.42 Å². The van der Waals surface area contributed by atoms with E-state index in [2.05, 4.69) is 10.3 Å². The van der Waals surface area contributed by atoms with Gasteiger partial charge in [-0.05, 0) is 31.2 Å². The third kappa shape index (κ3) is 2.30. The monoisotopic (exact) mass is 332 g/mol. The third-order valence-corrected chi connectivity index (χ3v) is 6.87. The summed E-state index contributed by atoms with van der Waals surface area (Å²) >= 11 is 0. The highest BCUT2D eigenvalue weighted by Gasteiger charge is 2.45. The third-order valence-electron chi connectivity index (χ3n) is 5.02. The Morgan fingerprint density at radius 2 is 2.14 bits per heavy atom. The highest BCUT2D eigenvalue weighted by atomic mass is 35.5. The Morgan fingerprint density at radius 3 is 2.90 bits per heavy atom. The van der Waals surface area contributed by atoms with Crippen LogP contribution < -0.4 is 5.32 Å². The summed E-state index contributed by atoms with van der Waals surface area (Å²) in [5.74, 6) is 0.917. The second kappa shape index (κ2) is 5.22. The number of fused-ring (bicyclic) bond motifs is 1. The second-order valence-electron chi connectivity index (χ2n) is 6.28. The molecule has 21 heavy (non-hydrogen) atoms. The Labute approximate surface area is 131 Å². The fourth-order valence-corrected chi connectivity index (χ4v) is 5.51. The van der Waals surface area contributed by atoms with Crippen LogP contribution in [0.4, 0.5) is 0 Å². The minimum atomic E-state index is -3.38. The van der Waals surface area contributed by atoms with Gasteiger partial charge in [-0.1, -0.05) is 0 Å². The number of sulfonamides is 1. The molecule has 4 rings (SSSR count). The lowest BCUT2D eigenvalue weighted by Crippen LogP contribution is -2.34. The summed E-state index contributed by atoms with van der Waals surface area (Å²) in [6, 6.07) is 0. The number of nitrogens with zero attached hydrogens (tertiary/aromatic N) is 3. The van der Waals surface area contributed by atoms with Gasteiger partial charge in [-0.2, -0.15) is 4.31 Å². The maximum absolute atomic E-state index is 12.8. The number of hydrogen-bond acceptors (Lipinski definition) is 4. The van der Waals surface area contributed by atoms with Gasteiger partial charge in [0, 0.05) is 32.6 Å². The molecule has 0 amide bonds. The maximum Gasteiger partial charge on any atom is 0.260 e. The van der Waals surface area contributed by atoms with Crippen LogP contribution in [-0.2, 0) is 23.0 Å². The SMILES string of the molecule is Cl.O=S(=O)(c1cnc2n1CCC2)N1CCC2(CCNC2)C1. The number of aromatic nitrogens is 2. The molecule has 1 aromatic rings. The lowest BCUT2D eigenvalue weighted by molar-refractivity contribution is 0.337. The van der Waals surface area contributed by atoms with E-state index in [-0.39, 0.29) is 17.8 Å². The largest absolute Gasteiger partial charge is 0.318 e. The quantitative estimate of drug-likeness (QED) is 0.862. The van der Waals surface area contributed by atoms with Crippen LogP contribution in [-0.4, -0.2) is 48.5 Å². The van der Waals surface area contributed by atoms with Crippen molar-refractivity contribution in [3.63, 3.8) is 0 Å². The van der Waals surface area contributed by atoms with Crippen LogP contribution in [0.2, 0.25) is 0 Å². The van der Waals surface area contributed by atoms with Crippen molar-refractivity contribution in [2.45, 2.75) is 37.3 Å². The average Bonchev–Trinajstić information content (AvgIpc) is 3.14. The van der Waals surface area contributed by atoms with Crippen LogP contribution in [0.3, 0.4) is 0 Å². The van der Waals surface area contributed by atoms with E-state index in [1.165, 1.54) is 0 Å². The predicted octanol–water partition coefficient (Wildman–Crippen LogP) is 0.625. The number of imidazole rings is 1. The predicted molar refractivity (Wildman–Crippen MR) is 81.1 cm³/mol. The summed E-state index contributed by atoms with van der Waals surface area (Å²) < 4.78 is 29.2. The summed E-state index contributed by atoms with van der Waals surface area (Å²) in [5, 5.41) is 3.76. The fraction of sp³-hybridized carbons (Fsp3) is 0.769. The van der Waals surface area contributed by atoms with E-state index in [9.17, 15) is 8.42 Å². The van der Waals surface area contributed by atoms with Crippen molar-refractivity contribution in [2.75, 3.05) is 26.2 Å². The fourth-order valence-electron chi connectivity index (χ4n) is 3.81. The normalized spacial score (nSPS) is 29.0. The van der Waals surface area contributed by atoms with E-state index in [1.54, 1.807) is 10.5 Å². The molecule has 4 heterocycles. The van der Waals surface area contributed by atoms with Crippen molar-refractivity contribution >= 4 is 22.4 Å². The molecule has 6 nitrogen and oxygen atoms in total. The topological polar surface area (TPSA) is 67.2 Å². The van der Waals surface area contributed by atoms with E-state index in [0.29, 0.717) is 18.1 Å².